The molecule has 0 saturated heterocycles. The molecule has 0 radical (unpaired) electrons. The maximum atomic E-state index is 11.9. The molecule has 2 N–H and O–H groups in total. The first-order valence-corrected chi connectivity index (χ1v) is 7.66. The Kier molecular flexibility index (Phi) is 3.38. The highest BCUT2D eigenvalue weighted by Gasteiger charge is 2.35. The van der Waals surface area contributed by atoms with Gasteiger partial charge in [-0.3, -0.25) is 0 Å². The van der Waals surface area contributed by atoms with Gasteiger partial charge in [-0.15, -0.1) is 0 Å². The Morgan fingerprint density at radius 3 is 2.72 bits per heavy atom. The molecule has 1 aliphatic heterocycles. The Morgan fingerprint density at radius 2 is 2.00 bits per heavy atom. The third-order valence-electron chi connectivity index (χ3n) is 4.38. The van der Waals surface area contributed by atoms with Crippen LogP contribution in [-0.2, 0) is 4.79 Å². The number of fused-ring (bicyclic) bond motifs is 2. The van der Waals surface area contributed by atoms with E-state index in [-0.39, 0.29) is 5.57 Å². The van der Waals surface area contributed by atoms with Crippen molar-refractivity contribution in [3.8, 4) is 5.75 Å². The van der Waals surface area contributed by atoms with Crippen LogP contribution >= 0.6 is 0 Å². The maximum absolute atomic E-state index is 11.9. The number of anilines is 1. The Hall–Kier alpha value is -3.42. The van der Waals surface area contributed by atoms with Crippen LogP contribution in [-0.4, -0.2) is 38.4 Å². The van der Waals surface area contributed by atoms with Crippen LogP contribution in [0, 0.1) is 0 Å². The molecule has 2 aromatic carbocycles. The topological polar surface area (TPSA) is 102 Å². The van der Waals surface area contributed by atoms with E-state index in [1.54, 1.807) is 14.0 Å². The van der Waals surface area contributed by atoms with E-state index in [1.165, 1.54) is 4.68 Å². The van der Waals surface area contributed by atoms with E-state index in [0.29, 0.717) is 11.6 Å². The van der Waals surface area contributed by atoms with E-state index < -0.39 is 12.0 Å². The number of carbonyl (C=O) groups is 1. The zero-order valence-corrected chi connectivity index (χ0v) is 13.6. The summed E-state index contributed by atoms with van der Waals surface area (Å²) in [5, 5.41) is 26.1. The average molecular weight is 337 g/mol. The van der Waals surface area contributed by atoms with Gasteiger partial charge in [0.2, 0.25) is 5.95 Å². The molecule has 0 spiro atoms. The minimum atomic E-state index is -1.02. The van der Waals surface area contributed by atoms with E-state index >= 15 is 0 Å². The molecule has 2 heterocycles. The van der Waals surface area contributed by atoms with Crippen LogP contribution in [0.3, 0.4) is 0 Å². The van der Waals surface area contributed by atoms with Gasteiger partial charge in [-0.05, 0) is 34.4 Å². The maximum Gasteiger partial charge on any atom is 0.335 e. The molecule has 0 fully saturated rings. The molecule has 8 nitrogen and oxygen atoms in total. The van der Waals surface area contributed by atoms with Gasteiger partial charge in [-0.2, -0.15) is 4.68 Å². The molecule has 25 heavy (non-hydrogen) atoms. The molecule has 4 rings (SSSR count). The van der Waals surface area contributed by atoms with Gasteiger partial charge >= 0.3 is 5.97 Å². The lowest BCUT2D eigenvalue weighted by atomic mass is 9.91. The number of rotatable bonds is 3. The van der Waals surface area contributed by atoms with Crippen molar-refractivity contribution in [2.75, 3.05) is 12.4 Å². The molecule has 0 bridgehead atoms. The highest BCUT2D eigenvalue weighted by molar-refractivity contribution is 5.95. The lowest BCUT2D eigenvalue weighted by molar-refractivity contribution is -0.133. The van der Waals surface area contributed by atoms with Crippen LogP contribution in [0.1, 0.15) is 18.5 Å². The summed E-state index contributed by atoms with van der Waals surface area (Å²) in [7, 11) is 1.61. The molecule has 126 valence electrons. The number of ether oxygens (including phenoxy) is 1. The predicted octanol–water partition coefficient (Wildman–Crippen LogP) is 2.21. The summed E-state index contributed by atoms with van der Waals surface area (Å²) < 4.78 is 6.92. The van der Waals surface area contributed by atoms with Crippen molar-refractivity contribution in [1.29, 1.82) is 0 Å². The molecule has 0 amide bonds. The van der Waals surface area contributed by atoms with E-state index in [9.17, 15) is 9.90 Å². The van der Waals surface area contributed by atoms with Crippen LogP contribution in [0.25, 0.3) is 10.8 Å². The third kappa shape index (κ3) is 2.22. The van der Waals surface area contributed by atoms with Crippen molar-refractivity contribution in [1.82, 2.24) is 20.2 Å². The van der Waals surface area contributed by atoms with Crippen LogP contribution in [0.5, 0.6) is 5.75 Å². The molecular weight excluding hydrogens is 322 g/mol. The summed E-state index contributed by atoms with van der Waals surface area (Å²) in [5.74, 6) is 0.117. The van der Waals surface area contributed by atoms with E-state index in [0.717, 1.165) is 22.1 Å². The minimum absolute atomic E-state index is 0.204. The van der Waals surface area contributed by atoms with Gasteiger partial charge in [0.05, 0.1) is 12.7 Å². The second-order valence-corrected chi connectivity index (χ2v) is 5.72. The zero-order valence-electron chi connectivity index (χ0n) is 13.6. The third-order valence-corrected chi connectivity index (χ3v) is 4.38. The smallest absolute Gasteiger partial charge is 0.335 e. The number of aromatic nitrogens is 4. The Balaban J connectivity index is 2.04. The molecule has 8 heteroatoms. The number of aliphatic carboxylic acids is 1. The lowest BCUT2D eigenvalue weighted by Gasteiger charge is -2.27. The van der Waals surface area contributed by atoms with E-state index in [4.69, 9.17) is 4.74 Å². The monoisotopic (exact) mass is 337 g/mol. The molecule has 1 unspecified atom stereocenters. The second kappa shape index (κ2) is 5.59. The van der Waals surface area contributed by atoms with Gasteiger partial charge in [0, 0.05) is 11.1 Å². The standard InChI is InChI=1S/C17H15N5O3/c1-9-14(16(23)24)15(22-17(18-9)19-20-21-22)12-7-8-13(25-2)11-6-4-3-5-10(11)12/h3-8,15H,1-2H3,(H,23,24)(H,18,19,21). The van der Waals surface area contributed by atoms with Gasteiger partial charge in [0.1, 0.15) is 11.8 Å². The number of allylic oxidation sites excluding steroid dienone is 1. The SMILES string of the molecule is COc1ccc(C2C(C(=O)O)=C(C)Nc3nnnn32)c2ccccc12. The predicted molar refractivity (Wildman–Crippen MR) is 90.4 cm³/mol. The fourth-order valence-corrected chi connectivity index (χ4v) is 3.29. The minimum Gasteiger partial charge on any atom is -0.496 e. The van der Waals surface area contributed by atoms with Gasteiger partial charge in [0.25, 0.3) is 0 Å². The summed E-state index contributed by atoms with van der Waals surface area (Å²) in [6.07, 6.45) is 0. The van der Waals surface area contributed by atoms with Gasteiger partial charge < -0.3 is 15.2 Å². The van der Waals surface area contributed by atoms with Crippen molar-refractivity contribution >= 4 is 22.7 Å². The highest BCUT2D eigenvalue weighted by Crippen LogP contribution is 2.39. The summed E-state index contributed by atoms with van der Waals surface area (Å²) in [5.41, 5.74) is 1.51. The number of methoxy groups -OCH3 is 1. The normalized spacial score (nSPS) is 16.5. The van der Waals surface area contributed by atoms with Gasteiger partial charge in [0.15, 0.2) is 0 Å². The molecular formula is C17H15N5O3. The van der Waals surface area contributed by atoms with Gasteiger partial charge in [-0.1, -0.05) is 35.4 Å². The molecule has 3 aromatic rings. The van der Waals surface area contributed by atoms with E-state index in [2.05, 4.69) is 20.8 Å². The number of carboxylic acids is 1. The number of nitrogens with zero attached hydrogens (tertiary/aromatic N) is 4. The Bertz CT molecular complexity index is 1020. The Labute approximate surface area is 142 Å². The van der Waals surface area contributed by atoms with Crippen molar-refractivity contribution < 1.29 is 14.6 Å². The summed E-state index contributed by atoms with van der Waals surface area (Å²) in [6.45, 7) is 1.71. The second-order valence-electron chi connectivity index (χ2n) is 5.72. The van der Waals surface area contributed by atoms with Crippen LogP contribution in [0.4, 0.5) is 5.95 Å². The summed E-state index contributed by atoms with van der Waals surface area (Å²) >= 11 is 0. The largest absolute Gasteiger partial charge is 0.496 e. The van der Waals surface area contributed by atoms with Gasteiger partial charge in [-0.25, -0.2) is 4.79 Å². The van der Waals surface area contributed by atoms with Crippen molar-refractivity contribution in [3.05, 3.63) is 53.2 Å². The highest BCUT2D eigenvalue weighted by atomic mass is 16.5. The number of benzene rings is 2. The molecule has 1 aliphatic rings. The number of hydrogen-bond donors (Lipinski definition) is 2. The number of nitrogens with one attached hydrogen (secondary N) is 1. The van der Waals surface area contributed by atoms with E-state index in [1.807, 2.05) is 36.4 Å². The molecule has 1 atom stereocenters. The van der Waals surface area contributed by atoms with Crippen LogP contribution < -0.4 is 10.1 Å². The number of hydrogen-bond acceptors (Lipinski definition) is 6. The first kappa shape index (κ1) is 15.1. The van der Waals surface area contributed by atoms with Crippen LogP contribution in [0.15, 0.2) is 47.7 Å². The first-order chi connectivity index (χ1) is 12.1. The number of tetrazole rings is 1. The summed E-state index contributed by atoms with van der Waals surface area (Å²) in [4.78, 5) is 11.9. The quantitative estimate of drug-likeness (QED) is 0.755. The van der Waals surface area contributed by atoms with Crippen molar-refractivity contribution in [2.24, 2.45) is 0 Å². The Morgan fingerprint density at radius 1 is 1.24 bits per heavy atom. The molecule has 0 aliphatic carbocycles. The van der Waals surface area contributed by atoms with Crippen molar-refractivity contribution in [2.45, 2.75) is 13.0 Å². The summed E-state index contributed by atoms with van der Waals surface area (Å²) in [6, 6.07) is 10.8. The fraction of sp³-hybridized carbons (Fsp3) is 0.176. The fourth-order valence-electron chi connectivity index (χ4n) is 3.29. The first-order valence-electron chi connectivity index (χ1n) is 7.66. The lowest BCUT2D eigenvalue weighted by Crippen LogP contribution is -2.28. The van der Waals surface area contributed by atoms with Crippen molar-refractivity contribution in [3.63, 3.8) is 0 Å². The average Bonchev–Trinajstić information content (AvgIpc) is 3.07. The number of carboxylic acid groups (broad SMARTS) is 1. The molecule has 1 aromatic heterocycles. The zero-order chi connectivity index (χ0) is 17.6. The molecule has 0 saturated carbocycles. The van der Waals surface area contributed by atoms with Crippen LogP contribution in [0.2, 0.25) is 0 Å².